The summed E-state index contributed by atoms with van der Waals surface area (Å²) < 4.78 is 0. The Morgan fingerprint density at radius 1 is 1.50 bits per heavy atom. The van der Waals surface area contributed by atoms with Crippen molar-refractivity contribution in [3.05, 3.63) is 23.4 Å². The van der Waals surface area contributed by atoms with Crippen LogP contribution in [0.25, 0.3) is 0 Å². The fraction of sp³-hybridized carbons (Fsp3) is 0.444. The molecule has 3 nitrogen and oxygen atoms in total. The Balaban J connectivity index is 4.00. The molecule has 0 saturated carbocycles. The molecule has 0 aromatic heterocycles. The molecule has 0 atom stereocenters. The van der Waals surface area contributed by atoms with E-state index in [-0.39, 0.29) is 0 Å². The van der Waals surface area contributed by atoms with Gasteiger partial charge < -0.3 is 0 Å². The number of nitriles is 1. The van der Waals surface area contributed by atoms with Gasteiger partial charge in [-0.1, -0.05) is 11.6 Å². The zero-order chi connectivity index (χ0) is 9.40. The summed E-state index contributed by atoms with van der Waals surface area (Å²) in [5.74, 6) is 0. The van der Waals surface area contributed by atoms with Crippen LogP contribution in [0.15, 0.2) is 23.4 Å². The fourth-order valence-electron chi connectivity index (χ4n) is 0.646. The zero-order valence-corrected chi connectivity index (χ0v) is 7.72. The van der Waals surface area contributed by atoms with Crippen molar-refractivity contribution >= 4 is 0 Å². The molecule has 0 aliphatic heterocycles. The summed E-state index contributed by atoms with van der Waals surface area (Å²) in [6.45, 7) is 3.81. The summed E-state index contributed by atoms with van der Waals surface area (Å²) in [4.78, 5) is 4.68. The molecule has 1 N–H and O–H groups in total. The number of hydroxylamine groups is 1. The second-order valence-corrected chi connectivity index (χ2v) is 2.50. The molecule has 0 amide bonds. The van der Waals surface area contributed by atoms with Gasteiger partial charge in [-0.15, -0.1) is 0 Å². The maximum Gasteiger partial charge on any atom is 0.0666 e. The van der Waals surface area contributed by atoms with E-state index in [1.54, 1.807) is 7.11 Å². The summed E-state index contributed by atoms with van der Waals surface area (Å²) >= 11 is 0. The summed E-state index contributed by atoms with van der Waals surface area (Å²) in [5.41, 5.74) is 4.63. The molecule has 0 unspecified atom stereocenters. The molecule has 3 heteroatoms. The smallest absolute Gasteiger partial charge is 0.0666 e. The highest BCUT2D eigenvalue weighted by Crippen LogP contribution is 1.99. The predicted molar refractivity (Wildman–Crippen MR) is 47.9 cm³/mol. The van der Waals surface area contributed by atoms with Gasteiger partial charge in [-0.05, 0) is 19.9 Å². The lowest BCUT2D eigenvalue weighted by atomic mass is 10.2. The van der Waals surface area contributed by atoms with Crippen molar-refractivity contribution in [2.75, 3.05) is 7.11 Å². The topological polar surface area (TPSA) is 45.0 Å². The van der Waals surface area contributed by atoms with Crippen molar-refractivity contribution in [1.29, 1.82) is 5.26 Å². The highest BCUT2D eigenvalue weighted by atomic mass is 16.6. The van der Waals surface area contributed by atoms with Crippen LogP contribution in [-0.4, -0.2) is 7.11 Å². The van der Waals surface area contributed by atoms with E-state index in [9.17, 15) is 0 Å². The lowest BCUT2D eigenvalue weighted by Gasteiger charge is -1.99. The zero-order valence-electron chi connectivity index (χ0n) is 7.72. The number of hydrogen-bond acceptors (Lipinski definition) is 3. The van der Waals surface area contributed by atoms with Gasteiger partial charge in [0.25, 0.3) is 0 Å². The Hall–Kier alpha value is -1.27. The monoisotopic (exact) mass is 166 g/mol. The van der Waals surface area contributed by atoms with Crippen molar-refractivity contribution in [2.45, 2.75) is 20.3 Å². The Labute approximate surface area is 73.3 Å². The molecule has 0 rings (SSSR count). The van der Waals surface area contributed by atoms with Crippen LogP contribution in [0.1, 0.15) is 20.3 Å². The van der Waals surface area contributed by atoms with Crippen molar-refractivity contribution in [2.24, 2.45) is 0 Å². The molecule has 0 heterocycles. The number of allylic oxidation sites excluding steroid dienone is 4. The van der Waals surface area contributed by atoms with Crippen LogP contribution in [0.3, 0.4) is 0 Å². The van der Waals surface area contributed by atoms with Gasteiger partial charge in [-0.3, -0.25) is 10.3 Å². The molecule has 0 spiro atoms. The van der Waals surface area contributed by atoms with Gasteiger partial charge in [0.1, 0.15) is 0 Å². The summed E-state index contributed by atoms with van der Waals surface area (Å²) in [7, 11) is 1.56. The van der Waals surface area contributed by atoms with Gasteiger partial charge >= 0.3 is 0 Å². The van der Waals surface area contributed by atoms with Gasteiger partial charge in [0.15, 0.2) is 0 Å². The van der Waals surface area contributed by atoms with Crippen LogP contribution in [-0.2, 0) is 4.84 Å². The molecule has 0 radical (unpaired) electrons. The van der Waals surface area contributed by atoms with Gasteiger partial charge in [-0.25, -0.2) is 0 Å². The second-order valence-electron chi connectivity index (χ2n) is 2.50. The first-order valence-corrected chi connectivity index (χ1v) is 3.70. The number of hydrogen-bond donors (Lipinski definition) is 1. The van der Waals surface area contributed by atoms with Gasteiger partial charge in [0.2, 0.25) is 0 Å². The predicted octanol–water partition coefficient (Wildman–Crippen LogP) is 1.90. The normalized spacial score (nSPS) is 12.5. The van der Waals surface area contributed by atoms with E-state index < -0.39 is 0 Å². The minimum atomic E-state index is 0.469. The van der Waals surface area contributed by atoms with Crippen LogP contribution in [0.4, 0.5) is 0 Å². The molecular formula is C9H14N2O. The SMILES string of the molecule is CON/C(C)=C\C=C(\C)CC#N. The highest BCUT2D eigenvalue weighted by Gasteiger charge is 1.85. The highest BCUT2D eigenvalue weighted by molar-refractivity contribution is 5.16. The average Bonchev–Trinajstić information content (AvgIpc) is 2.02. The Kier molecular flexibility index (Phi) is 5.76. The van der Waals surface area contributed by atoms with E-state index in [2.05, 4.69) is 16.4 Å². The number of nitrogens with zero attached hydrogens (tertiary/aromatic N) is 1. The minimum Gasteiger partial charge on any atom is -0.280 e. The van der Waals surface area contributed by atoms with Gasteiger partial charge in [0.05, 0.1) is 19.6 Å². The molecule has 0 bridgehead atoms. The van der Waals surface area contributed by atoms with Gasteiger partial charge in [0, 0.05) is 5.70 Å². The van der Waals surface area contributed by atoms with Crippen molar-refractivity contribution in [3.63, 3.8) is 0 Å². The van der Waals surface area contributed by atoms with E-state index >= 15 is 0 Å². The average molecular weight is 166 g/mol. The van der Waals surface area contributed by atoms with Crippen molar-refractivity contribution in [1.82, 2.24) is 5.48 Å². The maximum atomic E-state index is 8.35. The van der Waals surface area contributed by atoms with Crippen LogP contribution in [0, 0.1) is 11.3 Å². The summed E-state index contributed by atoms with van der Waals surface area (Å²) in [5, 5.41) is 8.35. The van der Waals surface area contributed by atoms with Crippen LogP contribution in [0.5, 0.6) is 0 Å². The summed E-state index contributed by atoms with van der Waals surface area (Å²) in [6, 6.07) is 2.07. The Morgan fingerprint density at radius 3 is 2.67 bits per heavy atom. The summed E-state index contributed by atoms with van der Waals surface area (Å²) in [6.07, 6.45) is 4.23. The van der Waals surface area contributed by atoms with E-state index in [0.717, 1.165) is 11.3 Å². The second kappa shape index (κ2) is 6.44. The minimum absolute atomic E-state index is 0.469. The van der Waals surface area contributed by atoms with E-state index in [1.165, 1.54) is 0 Å². The van der Waals surface area contributed by atoms with Crippen molar-refractivity contribution < 1.29 is 4.84 Å². The first-order valence-electron chi connectivity index (χ1n) is 3.70. The van der Waals surface area contributed by atoms with Gasteiger partial charge in [-0.2, -0.15) is 5.26 Å². The van der Waals surface area contributed by atoms with Crippen LogP contribution in [0.2, 0.25) is 0 Å². The Morgan fingerprint density at radius 2 is 2.17 bits per heavy atom. The van der Waals surface area contributed by atoms with E-state index in [4.69, 9.17) is 5.26 Å². The molecule has 12 heavy (non-hydrogen) atoms. The first kappa shape index (κ1) is 10.7. The fourth-order valence-corrected chi connectivity index (χ4v) is 0.646. The first-order chi connectivity index (χ1) is 5.70. The third kappa shape index (κ3) is 5.51. The molecule has 0 aliphatic rings. The molecule has 0 saturated heterocycles. The molecule has 0 fully saturated rings. The largest absolute Gasteiger partial charge is 0.280 e. The van der Waals surface area contributed by atoms with E-state index in [1.807, 2.05) is 26.0 Å². The maximum absolute atomic E-state index is 8.35. The number of nitrogens with one attached hydrogen (secondary N) is 1. The van der Waals surface area contributed by atoms with Crippen molar-refractivity contribution in [3.8, 4) is 6.07 Å². The van der Waals surface area contributed by atoms with Crippen LogP contribution < -0.4 is 5.48 Å². The Bertz CT molecular complexity index is 223. The molecular weight excluding hydrogens is 152 g/mol. The lowest BCUT2D eigenvalue weighted by Crippen LogP contribution is -2.07. The molecule has 66 valence electrons. The standard InChI is InChI=1S/C9H14N2O/c1-8(6-7-10)4-5-9(2)11-12-3/h4-5,11H,6H2,1-3H3/b8-4-,9-5-. The third-order valence-corrected chi connectivity index (χ3v) is 1.24. The third-order valence-electron chi connectivity index (χ3n) is 1.24. The van der Waals surface area contributed by atoms with Crippen LogP contribution >= 0.6 is 0 Å². The lowest BCUT2D eigenvalue weighted by molar-refractivity contribution is 0.118. The molecule has 0 aromatic carbocycles. The quantitative estimate of drug-likeness (QED) is 0.512. The van der Waals surface area contributed by atoms with E-state index in [0.29, 0.717) is 6.42 Å². The molecule has 0 aromatic rings. The molecule has 0 aliphatic carbocycles. The number of rotatable bonds is 4.